The average Bonchev–Trinajstić information content (AvgIpc) is 1.93. The van der Waals surface area contributed by atoms with Crippen LogP contribution < -0.4 is 0 Å². The lowest BCUT2D eigenvalue weighted by molar-refractivity contribution is -1.06. The Labute approximate surface area is 74.2 Å². The van der Waals surface area contributed by atoms with Gasteiger partial charge in [-0.1, -0.05) is 0 Å². The Morgan fingerprint density at radius 2 is 0.750 bits per heavy atom. The molecule has 0 aliphatic carbocycles. The number of hydrogen-bond donors (Lipinski definition) is 0. The Bertz CT molecular complexity index is 119. The summed E-state index contributed by atoms with van der Waals surface area (Å²) in [4.78, 5) is 0. The second-order valence-corrected chi connectivity index (χ2v) is 4.58. The van der Waals surface area contributed by atoms with Gasteiger partial charge in [-0.05, 0) is 0 Å². The highest BCUT2D eigenvalue weighted by atomic mass is 16.0. The van der Waals surface area contributed by atoms with E-state index in [0.717, 1.165) is 0 Å². The van der Waals surface area contributed by atoms with Crippen LogP contribution >= 0.6 is 0 Å². The Hall–Kier alpha value is -0.160. The fourth-order valence-corrected chi connectivity index (χ4v) is 2.12. The summed E-state index contributed by atoms with van der Waals surface area (Å²) in [5.41, 5.74) is 0. The zero-order chi connectivity index (χ0) is 7.24. The molecule has 0 saturated carbocycles. The van der Waals surface area contributed by atoms with Crippen LogP contribution in [0.4, 0.5) is 0 Å². The third-order valence-electron chi connectivity index (χ3n) is 3.54. The monoisotopic (exact) mass is 176 g/mol. The Kier molecular flexibility index (Phi) is 3.25. The summed E-state index contributed by atoms with van der Waals surface area (Å²) in [5, 5.41) is 0. The van der Waals surface area contributed by atoms with Gasteiger partial charge in [-0.2, -0.15) is 0 Å². The number of quaternary nitrogens is 2. The first-order chi connectivity index (χ1) is 4.62. The predicted octanol–water partition coefficient (Wildman–Crippen LogP) is -0.447. The molecule has 0 radical (unpaired) electrons. The SMILES string of the molecule is C[N+]12CC[N+](C)(CC1)CC2.[OH-].[OH-]. The molecule has 0 aromatic rings. The standard InChI is InChI=1S/C8H18N2.2H2O/c1-9-3-6-10(2,7-4-9)8-5-9;;/h3-8H2,1-2H3;2*1H2/q+2;;/p-2. The third kappa shape index (κ3) is 1.77. The van der Waals surface area contributed by atoms with E-state index >= 15 is 0 Å². The van der Waals surface area contributed by atoms with Crippen LogP contribution in [0.3, 0.4) is 0 Å². The maximum Gasteiger partial charge on any atom is 0.129 e. The molecule has 3 aliphatic rings. The molecular formula is C8H20N2O2. The summed E-state index contributed by atoms with van der Waals surface area (Å²) >= 11 is 0. The van der Waals surface area contributed by atoms with Crippen molar-refractivity contribution in [2.45, 2.75) is 0 Å². The number of fused-ring (bicyclic) bond motifs is 3. The maximum absolute atomic E-state index is 2.41. The van der Waals surface area contributed by atoms with Crippen molar-refractivity contribution in [1.29, 1.82) is 0 Å². The first kappa shape index (κ1) is 11.8. The lowest BCUT2D eigenvalue weighted by atomic mass is 10.1. The van der Waals surface area contributed by atoms with Crippen molar-refractivity contribution in [2.75, 3.05) is 53.4 Å². The van der Waals surface area contributed by atoms with Gasteiger partial charge in [-0.25, -0.2) is 0 Å². The van der Waals surface area contributed by atoms with Crippen LogP contribution in [0.5, 0.6) is 0 Å². The Balaban J connectivity index is 0.000000605. The van der Waals surface area contributed by atoms with Gasteiger partial charge in [-0.15, -0.1) is 0 Å². The van der Waals surface area contributed by atoms with Gasteiger partial charge in [0.05, 0.1) is 14.1 Å². The van der Waals surface area contributed by atoms with Crippen molar-refractivity contribution in [3.05, 3.63) is 0 Å². The van der Waals surface area contributed by atoms with E-state index < -0.39 is 0 Å². The van der Waals surface area contributed by atoms with Gasteiger partial charge in [0.25, 0.3) is 0 Å². The summed E-state index contributed by atoms with van der Waals surface area (Å²) in [6.07, 6.45) is 0. The van der Waals surface area contributed by atoms with Crippen molar-refractivity contribution < 1.29 is 19.9 Å². The molecule has 12 heavy (non-hydrogen) atoms. The van der Waals surface area contributed by atoms with Crippen LogP contribution in [0.25, 0.3) is 0 Å². The first-order valence-corrected chi connectivity index (χ1v) is 4.29. The highest BCUT2D eigenvalue weighted by molar-refractivity contribution is 4.56. The van der Waals surface area contributed by atoms with Crippen molar-refractivity contribution in [3.8, 4) is 0 Å². The molecule has 0 aromatic carbocycles. The lowest BCUT2D eigenvalue weighted by Crippen LogP contribution is -2.72. The molecule has 0 unspecified atom stereocenters. The summed E-state index contributed by atoms with van der Waals surface area (Å²) in [6, 6.07) is 0. The van der Waals surface area contributed by atoms with Crippen LogP contribution in [0.15, 0.2) is 0 Å². The van der Waals surface area contributed by atoms with Crippen molar-refractivity contribution in [3.63, 3.8) is 0 Å². The maximum atomic E-state index is 2.41. The minimum Gasteiger partial charge on any atom is -0.870 e. The molecule has 0 amide bonds. The van der Waals surface area contributed by atoms with E-state index in [1.807, 2.05) is 0 Å². The zero-order valence-corrected chi connectivity index (χ0v) is 8.03. The molecule has 2 N–H and O–H groups in total. The predicted molar refractivity (Wildman–Crippen MR) is 45.4 cm³/mol. The summed E-state index contributed by atoms with van der Waals surface area (Å²) in [7, 11) is 4.81. The fourth-order valence-electron chi connectivity index (χ4n) is 2.12. The van der Waals surface area contributed by atoms with Gasteiger partial charge in [0, 0.05) is 0 Å². The highest BCUT2D eigenvalue weighted by Crippen LogP contribution is 2.21. The van der Waals surface area contributed by atoms with Crippen molar-refractivity contribution >= 4 is 0 Å². The van der Waals surface area contributed by atoms with Gasteiger partial charge < -0.3 is 19.9 Å². The molecule has 3 heterocycles. The molecule has 3 saturated heterocycles. The number of hydrogen-bond acceptors (Lipinski definition) is 2. The fraction of sp³-hybridized carbons (Fsp3) is 1.00. The first-order valence-electron chi connectivity index (χ1n) is 4.29. The average molecular weight is 176 g/mol. The van der Waals surface area contributed by atoms with Gasteiger partial charge in [0.15, 0.2) is 0 Å². The van der Waals surface area contributed by atoms with Crippen molar-refractivity contribution in [2.24, 2.45) is 0 Å². The molecule has 3 rings (SSSR count). The third-order valence-corrected chi connectivity index (χ3v) is 3.54. The van der Waals surface area contributed by atoms with E-state index in [2.05, 4.69) is 14.1 Å². The van der Waals surface area contributed by atoms with E-state index in [1.165, 1.54) is 48.2 Å². The molecule has 3 fully saturated rings. The number of piperazine rings is 3. The lowest BCUT2D eigenvalue weighted by Gasteiger charge is -2.52. The molecule has 4 nitrogen and oxygen atoms in total. The van der Waals surface area contributed by atoms with Crippen LogP contribution in [-0.2, 0) is 0 Å². The quantitative estimate of drug-likeness (QED) is 0.469. The number of nitrogens with zero attached hydrogens (tertiary/aromatic N) is 2. The van der Waals surface area contributed by atoms with Crippen LogP contribution in [-0.4, -0.2) is 73.3 Å². The zero-order valence-electron chi connectivity index (χ0n) is 8.03. The molecule has 74 valence electrons. The summed E-state index contributed by atoms with van der Waals surface area (Å²) < 4.78 is 2.71. The highest BCUT2D eigenvalue weighted by Gasteiger charge is 2.43. The van der Waals surface area contributed by atoms with E-state index in [-0.39, 0.29) is 11.0 Å². The van der Waals surface area contributed by atoms with Gasteiger partial charge in [0.2, 0.25) is 0 Å². The molecule has 0 spiro atoms. The second kappa shape index (κ2) is 3.30. The number of likely N-dealkylation sites (N-methyl/N-ethyl adjacent to an activating group) is 2. The largest absolute Gasteiger partial charge is 0.870 e. The molecular weight excluding hydrogens is 156 g/mol. The van der Waals surface area contributed by atoms with Crippen LogP contribution in [0.2, 0.25) is 0 Å². The van der Waals surface area contributed by atoms with E-state index in [4.69, 9.17) is 0 Å². The smallest absolute Gasteiger partial charge is 0.129 e. The van der Waals surface area contributed by atoms with Crippen LogP contribution in [0, 0.1) is 0 Å². The van der Waals surface area contributed by atoms with E-state index in [0.29, 0.717) is 0 Å². The van der Waals surface area contributed by atoms with Gasteiger partial charge in [-0.3, -0.25) is 0 Å². The number of rotatable bonds is 0. The van der Waals surface area contributed by atoms with Crippen LogP contribution in [0.1, 0.15) is 0 Å². The molecule has 3 aliphatic heterocycles. The Morgan fingerprint density at radius 3 is 0.917 bits per heavy atom. The van der Waals surface area contributed by atoms with Gasteiger partial charge in [0.1, 0.15) is 39.3 Å². The Morgan fingerprint density at radius 1 is 0.583 bits per heavy atom. The van der Waals surface area contributed by atoms with E-state index in [9.17, 15) is 0 Å². The normalized spacial score (nSPS) is 44.5. The molecule has 0 atom stereocenters. The topological polar surface area (TPSA) is 60.0 Å². The van der Waals surface area contributed by atoms with Crippen molar-refractivity contribution in [1.82, 2.24) is 0 Å². The summed E-state index contributed by atoms with van der Waals surface area (Å²) in [5.74, 6) is 0. The molecule has 2 bridgehead atoms. The minimum absolute atomic E-state index is 0. The minimum atomic E-state index is 0. The van der Waals surface area contributed by atoms with Gasteiger partial charge >= 0.3 is 0 Å². The summed E-state index contributed by atoms with van der Waals surface area (Å²) in [6.45, 7) is 8.48. The van der Waals surface area contributed by atoms with E-state index in [1.54, 1.807) is 0 Å². The second-order valence-electron chi connectivity index (χ2n) is 4.58. The molecule has 0 aromatic heterocycles. The molecule has 4 heteroatoms.